The fraction of sp³-hybridized carbons (Fsp3) is 0.412. The minimum Gasteiger partial charge on any atom is -0.375 e. The van der Waals surface area contributed by atoms with E-state index in [1.165, 1.54) is 17.1 Å². The second-order valence-electron chi connectivity index (χ2n) is 5.49. The van der Waals surface area contributed by atoms with Gasteiger partial charge in [0, 0.05) is 25.2 Å². The maximum absolute atomic E-state index is 12.0. The molecule has 2 amide bonds. The molecule has 0 aromatic heterocycles. The predicted molar refractivity (Wildman–Crippen MR) is 78.5 cm³/mol. The van der Waals surface area contributed by atoms with E-state index in [4.69, 9.17) is 4.74 Å². The van der Waals surface area contributed by atoms with Crippen LogP contribution >= 0.6 is 0 Å². The van der Waals surface area contributed by atoms with Crippen molar-refractivity contribution in [2.24, 2.45) is 0 Å². The first kappa shape index (κ1) is 14.0. The number of imide groups is 1. The van der Waals surface area contributed by atoms with E-state index >= 15 is 0 Å². The van der Waals surface area contributed by atoms with E-state index in [-0.39, 0.29) is 24.0 Å². The fourth-order valence-corrected chi connectivity index (χ4v) is 3.06. The zero-order valence-corrected chi connectivity index (χ0v) is 12.1. The number of fused-ring (bicyclic) bond motifs is 1. The molecule has 0 spiro atoms. The van der Waals surface area contributed by atoms with Crippen molar-refractivity contribution in [1.82, 2.24) is 4.90 Å². The van der Waals surface area contributed by atoms with Crippen molar-refractivity contribution in [3.05, 3.63) is 47.5 Å². The average molecular weight is 285 g/mol. The number of nitrogens with zero attached hydrogens (tertiary/aromatic N) is 1. The Kier molecular flexibility index (Phi) is 3.88. The molecule has 4 nitrogen and oxygen atoms in total. The van der Waals surface area contributed by atoms with Crippen LogP contribution < -0.4 is 0 Å². The number of hydrogen-bond donors (Lipinski definition) is 0. The molecule has 0 unspecified atom stereocenters. The zero-order chi connectivity index (χ0) is 14.8. The molecule has 2 aliphatic rings. The zero-order valence-electron chi connectivity index (χ0n) is 12.1. The minimum atomic E-state index is -0.298. The highest BCUT2D eigenvalue weighted by atomic mass is 16.5. The third-order valence-corrected chi connectivity index (χ3v) is 4.10. The van der Waals surface area contributed by atoms with Crippen LogP contribution in [0.25, 0.3) is 0 Å². The van der Waals surface area contributed by atoms with Crippen LogP contribution in [0.5, 0.6) is 0 Å². The molecule has 0 N–H and O–H groups in total. The first-order valence-corrected chi connectivity index (χ1v) is 7.47. The highest BCUT2D eigenvalue weighted by Crippen LogP contribution is 2.39. The van der Waals surface area contributed by atoms with Crippen LogP contribution in [-0.2, 0) is 20.7 Å². The molecule has 21 heavy (non-hydrogen) atoms. The van der Waals surface area contributed by atoms with Gasteiger partial charge >= 0.3 is 0 Å². The molecular weight excluding hydrogens is 266 g/mol. The number of benzene rings is 1. The lowest BCUT2D eigenvalue weighted by atomic mass is 10.1. The number of carbonyl (C=O) groups excluding carboxylic acids is 2. The molecule has 0 radical (unpaired) electrons. The number of amides is 2. The van der Waals surface area contributed by atoms with Gasteiger partial charge in [0.25, 0.3) is 11.8 Å². The van der Waals surface area contributed by atoms with Gasteiger partial charge in [0.05, 0.1) is 12.1 Å². The molecule has 4 heteroatoms. The van der Waals surface area contributed by atoms with Gasteiger partial charge in [-0.15, -0.1) is 0 Å². The Morgan fingerprint density at radius 3 is 2.62 bits per heavy atom. The van der Waals surface area contributed by atoms with Crippen LogP contribution in [0, 0.1) is 0 Å². The second-order valence-corrected chi connectivity index (χ2v) is 5.49. The van der Waals surface area contributed by atoms with Gasteiger partial charge in [0.2, 0.25) is 0 Å². The van der Waals surface area contributed by atoms with E-state index in [1.807, 2.05) is 24.3 Å². The van der Waals surface area contributed by atoms with Gasteiger partial charge in [-0.1, -0.05) is 37.6 Å². The third-order valence-electron chi connectivity index (χ3n) is 4.10. The molecule has 0 saturated carbocycles. The summed E-state index contributed by atoms with van der Waals surface area (Å²) in [7, 11) is 0. The first-order valence-electron chi connectivity index (χ1n) is 7.47. The topological polar surface area (TPSA) is 46.6 Å². The molecule has 110 valence electrons. The maximum atomic E-state index is 12.0. The number of carbonyl (C=O) groups is 2. The highest BCUT2D eigenvalue weighted by Gasteiger charge is 2.42. The van der Waals surface area contributed by atoms with Gasteiger partial charge in [-0.25, -0.2) is 0 Å². The molecule has 2 atom stereocenters. The largest absolute Gasteiger partial charge is 0.375 e. The Morgan fingerprint density at radius 1 is 1.19 bits per heavy atom. The van der Waals surface area contributed by atoms with E-state index in [9.17, 15) is 9.59 Å². The standard InChI is InChI=1S/C17H19NO3/c1-2-3-10-21-14-11-12-6-4-5-7-13(12)17(14)18-15(19)8-9-16(18)20/h4-9,14,17H,2-3,10-11H2,1H3/t14-,17-/m0/s1. The molecule has 1 aromatic carbocycles. The van der Waals surface area contributed by atoms with E-state index < -0.39 is 0 Å². The van der Waals surface area contributed by atoms with Crippen LogP contribution in [-0.4, -0.2) is 29.4 Å². The SMILES string of the molecule is CCCCO[C@H]1Cc2ccccc2[C@@H]1N1C(=O)C=CC1=O. The minimum absolute atomic E-state index is 0.137. The summed E-state index contributed by atoms with van der Waals surface area (Å²) in [6, 6.07) is 7.66. The molecule has 3 rings (SSSR count). The molecule has 0 saturated heterocycles. The Hall–Kier alpha value is -1.94. The monoisotopic (exact) mass is 285 g/mol. The van der Waals surface area contributed by atoms with Crippen molar-refractivity contribution < 1.29 is 14.3 Å². The van der Waals surface area contributed by atoms with E-state index in [2.05, 4.69) is 6.92 Å². The Balaban J connectivity index is 1.88. The summed E-state index contributed by atoms with van der Waals surface area (Å²) < 4.78 is 5.97. The Bertz CT molecular complexity index is 575. The second kappa shape index (κ2) is 5.82. The van der Waals surface area contributed by atoms with Crippen molar-refractivity contribution in [1.29, 1.82) is 0 Å². The van der Waals surface area contributed by atoms with Crippen LogP contribution in [0.2, 0.25) is 0 Å². The lowest BCUT2D eigenvalue weighted by Crippen LogP contribution is -2.39. The maximum Gasteiger partial charge on any atom is 0.254 e. The van der Waals surface area contributed by atoms with Crippen molar-refractivity contribution in [3.8, 4) is 0 Å². The van der Waals surface area contributed by atoms with Crippen molar-refractivity contribution >= 4 is 11.8 Å². The van der Waals surface area contributed by atoms with Crippen LogP contribution in [0.3, 0.4) is 0 Å². The van der Waals surface area contributed by atoms with Gasteiger partial charge < -0.3 is 4.74 Å². The predicted octanol–water partition coefficient (Wildman–Crippen LogP) is 2.39. The summed E-state index contributed by atoms with van der Waals surface area (Å²) >= 11 is 0. The Labute approximate surface area is 124 Å². The van der Waals surface area contributed by atoms with Crippen molar-refractivity contribution in [2.75, 3.05) is 6.61 Å². The quantitative estimate of drug-likeness (QED) is 0.616. The third kappa shape index (κ3) is 2.51. The summed E-state index contributed by atoms with van der Waals surface area (Å²) in [5.41, 5.74) is 2.20. The normalized spacial score (nSPS) is 24.0. The highest BCUT2D eigenvalue weighted by molar-refractivity contribution is 6.13. The smallest absolute Gasteiger partial charge is 0.254 e. The molecule has 1 aliphatic carbocycles. The summed E-state index contributed by atoms with van der Waals surface area (Å²) in [6.45, 7) is 2.77. The van der Waals surface area contributed by atoms with Gasteiger partial charge in [-0.05, 0) is 17.5 Å². The van der Waals surface area contributed by atoms with Crippen molar-refractivity contribution in [2.45, 2.75) is 38.3 Å². The Morgan fingerprint density at radius 2 is 1.90 bits per heavy atom. The first-order chi connectivity index (χ1) is 10.2. The number of ether oxygens (including phenoxy) is 1. The molecule has 0 bridgehead atoms. The molecule has 1 aromatic rings. The van der Waals surface area contributed by atoms with Gasteiger partial charge in [0.1, 0.15) is 0 Å². The average Bonchev–Trinajstić information content (AvgIpc) is 2.99. The lowest BCUT2D eigenvalue weighted by molar-refractivity contribution is -0.143. The molecule has 0 fully saturated rings. The molecular formula is C17H19NO3. The molecule has 1 heterocycles. The van der Waals surface area contributed by atoms with Gasteiger partial charge in [0.15, 0.2) is 0 Å². The van der Waals surface area contributed by atoms with E-state index in [1.54, 1.807) is 0 Å². The summed E-state index contributed by atoms with van der Waals surface area (Å²) in [4.78, 5) is 25.4. The van der Waals surface area contributed by atoms with Crippen LogP contribution in [0.1, 0.15) is 36.9 Å². The summed E-state index contributed by atoms with van der Waals surface area (Å²) in [5.74, 6) is -0.489. The van der Waals surface area contributed by atoms with Gasteiger partial charge in [-0.2, -0.15) is 0 Å². The number of hydrogen-bond acceptors (Lipinski definition) is 3. The molecule has 1 aliphatic heterocycles. The van der Waals surface area contributed by atoms with Crippen LogP contribution in [0.4, 0.5) is 0 Å². The van der Waals surface area contributed by atoms with E-state index in [0.717, 1.165) is 30.4 Å². The van der Waals surface area contributed by atoms with Crippen LogP contribution in [0.15, 0.2) is 36.4 Å². The van der Waals surface area contributed by atoms with Gasteiger partial charge in [-0.3, -0.25) is 14.5 Å². The summed E-state index contributed by atoms with van der Waals surface area (Å²) in [5, 5.41) is 0. The van der Waals surface area contributed by atoms with Crippen molar-refractivity contribution in [3.63, 3.8) is 0 Å². The number of rotatable bonds is 5. The fourth-order valence-electron chi connectivity index (χ4n) is 3.06. The lowest BCUT2D eigenvalue weighted by Gasteiger charge is -2.28. The number of unbranched alkanes of at least 4 members (excludes halogenated alkanes) is 1. The summed E-state index contributed by atoms with van der Waals surface area (Å²) in [6.07, 6.45) is 5.34. The van der Waals surface area contributed by atoms with E-state index in [0.29, 0.717) is 6.61 Å².